The molecule has 0 aromatic carbocycles. The van der Waals surface area contributed by atoms with Crippen LogP contribution in [0.15, 0.2) is 46.2 Å². The van der Waals surface area contributed by atoms with Crippen molar-refractivity contribution >= 4 is 5.78 Å². The first-order valence-corrected chi connectivity index (χ1v) is 6.52. The molecule has 0 N–H and O–H groups in total. The second-order valence-corrected chi connectivity index (χ2v) is 4.41. The molecule has 0 amide bonds. The monoisotopic (exact) mass is 272 g/mol. The van der Waals surface area contributed by atoms with Crippen molar-refractivity contribution in [2.45, 2.75) is 26.9 Å². The summed E-state index contributed by atoms with van der Waals surface area (Å²) in [6, 6.07) is 5.80. The van der Waals surface area contributed by atoms with Gasteiger partial charge in [0.15, 0.2) is 5.78 Å². The van der Waals surface area contributed by atoms with Crippen molar-refractivity contribution in [1.29, 1.82) is 0 Å². The van der Waals surface area contributed by atoms with Crippen LogP contribution in [0.3, 0.4) is 0 Å². The largest absolute Gasteiger partial charge is 0.316 e. The summed E-state index contributed by atoms with van der Waals surface area (Å²) in [6.45, 7) is 4.82. The summed E-state index contributed by atoms with van der Waals surface area (Å²) in [4.78, 5) is 35.7. The zero-order valence-electron chi connectivity index (χ0n) is 11.5. The van der Waals surface area contributed by atoms with Gasteiger partial charge in [-0.15, -0.1) is 0 Å². The van der Waals surface area contributed by atoms with Gasteiger partial charge < -0.3 is 9.13 Å². The van der Waals surface area contributed by atoms with Gasteiger partial charge in [0.1, 0.15) is 0 Å². The Bertz CT molecular complexity index is 693. The number of aromatic nitrogens is 2. The smallest absolute Gasteiger partial charge is 0.251 e. The Kier molecular flexibility index (Phi) is 3.98. The van der Waals surface area contributed by atoms with Gasteiger partial charge >= 0.3 is 0 Å². The van der Waals surface area contributed by atoms with E-state index in [1.54, 1.807) is 24.5 Å². The molecule has 0 atom stereocenters. The lowest BCUT2D eigenvalue weighted by Gasteiger charge is -2.05. The van der Waals surface area contributed by atoms with E-state index in [2.05, 4.69) is 0 Å². The third-order valence-electron chi connectivity index (χ3n) is 3.20. The van der Waals surface area contributed by atoms with Crippen molar-refractivity contribution in [3.63, 3.8) is 0 Å². The van der Waals surface area contributed by atoms with Crippen LogP contribution in [0.5, 0.6) is 0 Å². The van der Waals surface area contributed by atoms with Crippen molar-refractivity contribution < 1.29 is 4.79 Å². The lowest BCUT2D eigenvalue weighted by atomic mass is 10.1. The lowest BCUT2D eigenvalue weighted by Crippen LogP contribution is -2.21. The van der Waals surface area contributed by atoms with Crippen molar-refractivity contribution in [3.05, 3.63) is 68.5 Å². The highest BCUT2D eigenvalue weighted by molar-refractivity contribution is 6.08. The summed E-state index contributed by atoms with van der Waals surface area (Å²) in [5, 5.41) is 0. The molecule has 2 rings (SSSR count). The van der Waals surface area contributed by atoms with Gasteiger partial charge in [0.2, 0.25) is 0 Å². The Labute approximate surface area is 116 Å². The number of ketones is 1. The number of carbonyl (C=O) groups excluding carboxylic acids is 1. The number of aryl methyl sites for hydroxylation is 2. The van der Waals surface area contributed by atoms with Gasteiger partial charge in [0.25, 0.3) is 11.1 Å². The minimum absolute atomic E-state index is 0.222. The summed E-state index contributed by atoms with van der Waals surface area (Å²) < 4.78 is 3.01. The molecule has 0 spiro atoms. The van der Waals surface area contributed by atoms with Crippen LogP contribution in [0, 0.1) is 0 Å². The predicted molar refractivity (Wildman–Crippen MR) is 76.2 cm³/mol. The number of carbonyl (C=O) groups is 1. The molecule has 0 fully saturated rings. The van der Waals surface area contributed by atoms with Crippen LogP contribution < -0.4 is 11.1 Å². The molecule has 5 heteroatoms. The van der Waals surface area contributed by atoms with Crippen LogP contribution in [0.2, 0.25) is 0 Å². The molecule has 2 aromatic heterocycles. The van der Waals surface area contributed by atoms with Crippen LogP contribution in [0.1, 0.15) is 29.8 Å². The third-order valence-corrected chi connectivity index (χ3v) is 3.20. The van der Waals surface area contributed by atoms with Gasteiger partial charge in [-0.2, -0.15) is 0 Å². The van der Waals surface area contributed by atoms with Gasteiger partial charge in [-0.3, -0.25) is 14.4 Å². The quantitative estimate of drug-likeness (QED) is 0.788. The van der Waals surface area contributed by atoms with Crippen LogP contribution in [-0.4, -0.2) is 14.9 Å². The van der Waals surface area contributed by atoms with E-state index < -0.39 is 0 Å². The highest BCUT2D eigenvalue weighted by Crippen LogP contribution is 2.06. The first-order chi connectivity index (χ1) is 9.56. The Balaban J connectivity index is 2.41. The molecule has 0 bridgehead atoms. The summed E-state index contributed by atoms with van der Waals surface area (Å²) in [6.07, 6.45) is 3.17. The molecule has 5 nitrogen and oxygen atoms in total. The normalized spacial score (nSPS) is 10.5. The highest BCUT2D eigenvalue weighted by atomic mass is 16.1. The maximum atomic E-state index is 12.3. The second kappa shape index (κ2) is 5.69. The highest BCUT2D eigenvalue weighted by Gasteiger charge is 2.11. The summed E-state index contributed by atoms with van der Waals surface area (Å²) in [5.41, 5.74) is 0.155. The zero-order chi connectivity index (χ0) is 14.7. The van der Waals surface area contributed by atoms with Crippen LogP contribution >= 0.6 is 0 Å². The molecule has 0 aliphatic rings. The first-order valence-electron chi connectivity index (χ1n) is 6.52. The molecule has 0 saturated carbocycles. The van der Waals surface area contributed by atoms with E-state index in [1.807, 2.05) is 13.8 Å². The molecular formula is C15H16N2O3. The molecule has 2 heterocycles. The molecule has 20 heavy (non-hydrogen) atoms. The van der Waals surface area contributed by atoms with Gasteiger partial charge in [0, 0.05) is 48.7 Å². The van der Waals surface area contributed by atoms with Crippen LogP contribution in [0.25, 0.3) is 0 Å². The SMILES string of the molecule is CCn1ccc(C(=O)c2ccn(CC)c(=O)c2)cc1=O. The summed E-state index contributed by atoms with van der Waals surface area (Å²) in [7, 11) is 0. The van der Waals surface area contributed by atoms with E-state index in [1.165, 1.54) is 21.3 Å². The molecule has 2 aromatic rings. The number of pyridine rings is 2. The Morgan fingerprint density at radius 2 is 1.30 bits per heavy atom. The fourth-order valence-corrected chi connectivity index (χ4v) is 1.99. The van der Waals surface area contributed by atoms with E-state index in [9.17, 15) is 14.4 Å². The lowest BCUT2D eigenvalue weighted by molar-refractivity contribution is 0.103. The molecular weight excluding hydrogens is 256 g/mol. The molecule has 0 radical (unpaired) electrons. The van der Waals surface area contributed by atoms with Crippen LogP contribution in [0.4, 0.5) is 0 Å². The van der Waals surface area contributed by atoms with E-state index in [0.717, 1.165) is 0 Å². The maximum absolute atomic E-state index is 12.3. The topological polar surface area (TPSA) is 61.1 Å². The molecule has 0 saturated heterocycles. The van der Waals surface area contributed by atoms with E-state index >= 15 is 0 Å². The van der Waals surface area contributed by atoms with Gasteiger partial charge in [-0.1, -0.05) is 0 Å². The fraction of sp³-hybridized carbons (Fsp3) is 0.267. The fourth-order valence-electron chi connectivity index (χ4n) is 1.99. The Morgan fingerprint density at radius 1 is 0.900 bits per heavy atom. The average Bonchev–Trinajstić information content (AvgIpc) is 2.46. The van der Waals surface area contributed by atoms with Crippen molar-refractivity contribution in [1.82, 2.24) is 9.13 Å². The standard InChI is InChI=1S/C15H16N2O3/c1-3-16-7-5-11(9-13(16)18)15(20)12-6-8-17(4-2)14(19)10-12/h5-10H,3-4H2,1-2H3. The number of hydrogen-bond donors (Lipinski definition) is 0. The number of rotatable bonds is 4. The summed E-state index contributed by atoms with van der Waals surface area (Å²) in [5.74, 6) is -0.314. The second-order valence-electron chi connectivity index (χ2n) is 4.41. The van der Waals surface area contributed by atoms with E-state index in [-0.39, 0.29) is 16.9 Å². The van der Waals surface area contributed by atoms with Gasteiger partial charge in [-0.05, 0) is 26.0 Å². The van der Waals surface area contributed by atoms with E-state index in [0.29, 0.717) is 24.2 Å². The third kappa shape index (κ3) is 2.61. The molecule has 0 unspecified atom stereocenters. The molecule has 0 aliphatic heterocycles. The minimum atomic E-state index is -0.314. The molecule has 0 aliphatic carbocycles. The first kappa shape index (κ1) is 14.0. The maximum Gasteiger partial charge on any atom is 0.251 e. The van der Waals surface area contributed by atoms with Crippen molar-refractivity contribution in [2.24, 2.45) is 0 Å². The van der Waals surface area contributed by atoms with Crippen LogP contribution in [-0.2, 0) is 13.1 Å². The van der Waals surface area contributed by atoms with Crippen molar-refractivity contribution in [2.75, 3.05) is 0 Å². The van der Waals surface area contributed by atoms with E-state index in [4.69, 9.17) is 0 Å². The van der Waals surface area contributed by atoms with Crippen molar-refractivity contribution in [3.8, 4) is 0 Å². The van der Waals surface area contributed by atoms with Gasteiger partial charge in [-0.25, -0.2) is 0 Å². The Morgan fingerprint density at radius 3 is 1.60 bits per heavy atom. The zero-order valence-corrected chi connectivity index (χ0v) is 11.5. The number of hydrogen-bond acceptors (Lipinski definition) is 3. The predicted octanol–water partition coefficient (Wildman–Crippen LogP) is 1.28. The average molecular weight is 272 g/mol. The van der Waals surface area contributed by atoms with Gasteiger partial charge in [0.05, 0.1) is 0 Å². The summed E-state index contributed by atoms with van der Waals surface area (Å²) >= 11 is 0. The molecule has 104 valence electrons. The number of nitrogens with zero attached hydrogens (tertiary/aromatic N) is 2. The Hall–Kier alpha value is -2.43. The minimum Gasteiger partial charge on any atom is -0.316 e.